The maximum atomic E-state index is 12.6. The van der Waals surface area contributed by atoms with Gasteiger partial charge < -0.3 is 0 Å². The first-order valence-electron chi connectivity index (χ1n) is 3.01. The number of nitriles is 1. The second-order valence-corrected chi connectivity index (χ2v) is 2.22. The number of aryl methyl sites for hydroxylation is 1. The van der Waals surface area contributed by atoms with E-state index in [0.717, 1.165) is 6.07 Å². The fourth-order valence-corrected chi connectivity index (χ4v) is 0.806. The van der Waals surface area contributed by atoms with E-state index >= 15 is 0 Å². The third-order valence-electron chi connectivity index (χ3n) is 1.29. The molecule has 0 aliphatic rings. The van der Waals surface area contributed by atoms with Gasteiger partial charge >= 0.3 is 0 Å². The van der Waals surface area contributed by atoms with Crippen molar-refractivity contribution in [3.8, 4) is 6.07 Å². The molecule has 3 heteroatoms. The average Bonchev–Trinajstić information content (AvgIpc) is 1.96. The van der Waals surface area contributed by atoms with E-state index in [-0.39, 0.29) is 5.56 Å². The zero-order chi connectivity index (χ0) is 8.43. The highest BCUT2D eigenvalue weighted by Gasteiger charge is 2.07. The highest BCUT2D eigenvalue weighted by atomic mass is 19.2. The van der Waals surface area contributed by atoms with E-state index in [0.29, 0.717) is 5.56 Å². The fraction of sp³-hybridized carbons (Fsp3) is 0.125. The normalized spacial score (nSPS) is 9.27. The van der Waals surface area contributed by atoms with Gasteiger partial charge in [0.2, 0.25) is 0 Å². The van der Waals surface area contributed by atoms with Gasteiger partial charge in [-0.25, -0.2) is 8.78 Å². The second-order valence-electron chi connectivity index (χ2n) is 2.22. The minimum absolute atomic E-state index is 0.248. The summed E-state index contributed by atoms with van der Waals surface area (Å²) in [6.45, 7) is 1.60. The lowest BCUT2D eigenvalue weighted by molar-refractivity contribution is 0.505. The van der Waals surface area contributed by atoms with Crippen LogP contribution in [0.5, 0.6) is 0 Å². The Morgan fingerprint density at radius 3 is 2.55 bits per heavy atom. The molecule has 1 rings (SSSR count). The van der Waals surface area contributed by atoms with Crippen LogP contribution >= 0.6 is 0 Å². The van der Waals surface area contributed by atoms with Gasteiger partial charge in [0.1, 0.15) is 6.07 Å². The van der Waals surface area contributed by atoms with Crippen LogP contribution in [-0.2, 0) is 0 Å². The molecule has 1 aromatic rings. The zero-order valence-electron chi connectivity index (χ0n) is 5.86. The van der Waals surface area contributed by atoms with Crippen LogP contribution in [0.15, 0.2) is 12.1 Å². The molecule has 0 aromatic heterocycles. The Kier molecular flexibility index (Phi) is 1.86. The molecule has 0 radical (unpaired) electrons. The van der Waals surface area contributed by atoms with Gasteiger partial charge in [-0.05, 0) is 24.6 Å². The van der Waals surface area contributed by atoms with Gasteiger partial charge in [0, 0.05) is 0 Å². The standard InChI is InChI=1S/C8H5F2N/c1-5-2-6(4-11)8(10)7(9)3-5/h2-3H,1H3. The van der Waals surface area contributed by atoms with Crippen molar-refractivity contribution in [1.82, 2.24) is 0 Å². The summed E-state index contributed by atoms with van der Waals surface area (Å²) in [5.74, 6) is -2.04. The van der Waals surface area contributed by atoms with Crippen molar-refractivity contribution in [2.75, 3.05) is 0 Å². The number of benzene rings is 1. The number of halogens is 2. The Morgan fingerprint density at radius 1 is 1.36 bits per heavy atom. The zero-order valence-corrected chi connectivity index (χ0v) is 5.86. The highest BCUT2D eigenvalue weighted by molar-refractivity contribution is 5.34. The van der Waals surface area contributed by atoms with Crippen molar-refractivity contribution in [2.24, 2.45) is 0 Å². The molecular weight excluding hydrogens is 148 g/mol. The van der Waals surface area contributed by atoms with E-state index < -0.39 is 11.6 Å². The molecule has 0 amide bonds. The summed E-state index contributed by atoms with van der Waals surface area (Å²) in [5.41, 5.74) is 0.294. The van der Waals surface area contributed by atoms with Gasteiger partial charge in [-0.1, -0.05) is 0 Å². The van der Waals surface area contributed by atoms with E-state index in [2.05, 4.69) is 0 Å². The Morgan fingerprint density at radius 2 is 2.00 bits per heavy atom. The first-order chi connectivity index (χ1) is 5.15. The molecule has 0 unspecified atom stereocenters. The van der Waals surface area contributed by atoms with Crippen molar-refractivity contribution in [2.45, 2.75) is 6.92 Å². The van der Waals surface area contributed by atoms with Crippen molar-refractivity contribution in [3.05, 3.63) is 34.9 Å². The number of hydrogen-bond donors (Lipinski definition) is 0. The van der Waals surface area contributed by atoms with Crippen LogP contribution in [0.4, 0.5) is 8.78 Å². The van der Waals surface area contributed by atoms with E-state index in [9.17, 15) is 8.78 Å². The Labute approximate surface area is 62.9 Å². The molecule has 0 bridgehead atoms. The SMILES string of the molecule is Cc1cc(F)c(F)c(C#N)c1. The third kappa shape index (κ3) is 1.35. The Hall–Kier alpha value is -1.43. The van der Waals surface area contributed by atoms with E-state index in [4.69, 9.17) is 5.26 Å². The van der Waals surface area contributed by atoms with E-state index in [1.165, 1.54) is 6.07 Å². The quantitative estimate of drug-likeness (QED) is 0.560. The molecule has 0 aliphatic heterocycles. The summed E-state index contributed by atoms with van der Waals surface area (Å²) in [7, 11) is 0. The lowest BCUT2D eigenvalue weighted by Gasteiger charge is -1.96. The smallest absolute Gasteiger partial charge is 0.176 e. The predicted octanol–water partition coefficient (Wildman–Crippen LogP) is 2.14. The fourth-order valence-electron chi connectivity index (χ4n) is 0.806. The van der Waals surface area contributed by atoms with Gasteiger partial charge in [0.15, 0.2) is 11.6 Å². The van der Waals surface area contributed by atoms with Crippen LogP contribution in [0.3, 0.4) is 0 Å². The highest BCUT2D eigenvalue weighted by Crippen LogP contribution is 2.12. The summed E-state index contributed by atoms with van der Waals surface area (Å²) in [4.78, 5) is 0. The Bertz CT molecular complexity index is 326. The number of nitrogens with zero attached hydrogens (tertiary/aromatic N) is 1. The van der Waals surface area contributed by atoms with Gasteiger partial charge in [-0.3, -0.25) is 0 Å². The number of rotatable bonds is 0. The van der Waals surface area contributed by atoms with Crippen molar-refractivity contribution < 1.29 is 8.78 Å². The third-order valence-corrected chi connectivity index (χ3v) is 1.29. The van der Waals surface area contributed by atoms with Gasteiger partial charge in [-0.15, -0.1) is 0 Å². The van der Waals surface area contributed by atoms with Crippen molar-refractivity contribution in [3.63, 3.8) is 0 Å². The van der Waals surface area contributed by atoms with Crippen LogP contribution in [0.1, 0.15) is 11.1 Å². The lowest BCUT2D eigenvalue weighted by Crippen LogP contribution is -1.90. The van der Waals surface area contributed by atoms with E-state index in [1.807, 2.05) is 0 Å². The van der Waals surface area contributed by atoms with Crippen molar-refractivity contribution in [1.29, 1.82) is 5.26 Å². The molecule has 0 saturated carbocycles. The molecule has 0 fully saturated rings. The molecule has 0 saturated heterocycles. The largest absolute Gasteiger partial charge is 0.204 e. The monoisotopic (exact) mass is 153 g/mol. The minimum atomic E-state index is -1.07. The Balaban J connectivity index is 3.39. The molecule has 11 heavy (non-hydrogen) atoms. The van der Waals surface area contributed by atoms with Gasteiger partial charge in [-0.2, -0.15) is 5.26 Å². The van der Waals surface area contributed by atoms with Crippen LogP contribution < -0.4 is 0 Å². The lowest BCUT2D eigenvalue weighted by atomic mass is 10.1. The second kappa shape index (κ2) is 2.67. The molecule has 0 atom stereocenters. The molecule has 0 heterocycles. The van der Waals surface area contributed by atoms with Gasteiger partial charge in [0.25, 0.3) is 0 Å². The van der Waals surface area contributed by atoms with Gasteiger partial charge in [0.05, 0.1) is 5.56 Å². The first kappa shape index (κ1) is 7.67. The summed E-state index contributed by atoms with van der Waals surface area (Å²) in [5, 5.41) is 8.31. The van der Waals surface area contributed by atoms with Crippen molar-refractivity contribution >= 4 is 0 Å². The average molecular weight is 153 g/mol. The molecule has 0 N–H and O–H groups in total. The summed E-state index contributed by atoms with van der Waals surface area (Å²) >= 11 is 0. The first-order valence-corrected chi connectivity index (χ1v) is 3.01. The van der Waals surface area contributed by atoms with Crippen LogP contribution in [0.2, 0.25) is 0 Å². The molecule has 1 aromatic carbocycles. The topological polar surface area (TPSA) is 23.8 Å². The minimum Gasteiger partial charge on any atom is -0.204 e. The maximum Gasteiger partial charge on any atom is 0.176 e. The molecular formula is C8H5F2N. The van der Waals surface area contributed by atoms with Crippen LogP contribution in [-0.4, -0.2) is 0 Å². The molecule has 1 nitrogen and oxygen atoms in total. The summed E-state index contributed by atoms with van der Waals surface area (Å²) < 4.78 is 25.1. The number of hydrogen-bond acceptors (Lipinski definition) is 1. The van der Waals surface area contributed by atoms with Crippen LogP contribution in [0.25, 0.3) is 0 Å². The molecule has 0 spiro atoms. The summed E-state index contributed by atoms with van der Waals surface area (Å²) in [6, 6.07) is 3.92. The molecule has 0 aliphatic carbocycles. The predicted molar refractivity (Wildman–Crippen MR) is 35.8 cm³/mol. The maximum absolute atomic E-state index is 12.6. The molecule has 56 valence electrons. The van der Waals surface area contributed by atoms with E-state index in [1.54, 1.807) is 13.0 Å². The van der Waals surface area contributed by atoms with Crippen LogP contribution in [0, 0.1) is 29.9 Å². The summed E-state index contributed by atoms with van der Waals surface area (Å²) in [6.07, 6.45) is 0.